The van der Waals surface area contributed by atoms with Gasteiger partial charge in [0.05, 0.1) is 10.8 Å². The van der Waals surface area contributed by atoms with Gasteiger partial charge in [0.25, 0.3) is 5.91 Å². The Bertz CT molecular complexity index is 1440. The van der Waals surface area contributed by atoms with E-state index in [1.807, 2.05) is 36.0 Å². The zero-order valence-corrected chi connectivity index (χ0v) is 26.9. The Kier molecular flexibility index (Phi) is 9.83. The van der Waals surface area contributed by atoms with Gasteiger partial charge in [0.15, 0.2) is 0 Å². The lowest BCUT2D eigenvalue weighted by Gasteiger charge is -2.37. The molecule has 7 nitrogen and oxygen atoms in total. The van der Waals surface area contributed by atoms with Gasteiger partial charge in [-0.1, -0.05) is 110 Å². The van der Waals surface area contributed by atoms with E-state index in [1.54, 1.807) is 25.7 Å². The number of rotatable bonds is 8. The zero-order valence-electron chi connectivity index (χ0n) is 26.1. The predicted octanol–water partition coefficient (Wildman–Crippen LogP) is 7.57. The van der Waals surface area contributed by atoms with Gasteiger partial charge in [0.2, 0.25) is 0 Å². The van der Waals surface area contributed by atoms with Crippen LogP contribution in [0.2, 0.25) is 0 Å². The molecule has 0 bridgehead atoms. The summed E-state index contributed by atoms with van der Waals surface area (Å²) >= 11 is 1.81. The van der Waals surface area contributed by atoms with Crippen LogP contribution < -0.4 is 0 Å². The second-order valence-electron chi connectivity index (χ2n) is 12.2. The van der Waals surface area contributed by atoms with Gasteiger partial charge >= 0.3 is 12.2 Å². The van der Waals surface area contributed by atoms with Gasteiger partial charge in [-0.05, 0) is 50.3 Å². The third-order valence-electron chi connectivity index (χ3n) is 7.88. The van der Waals surface area contributed by atoms with Gasteiger partial charge in [-0.2, -0.15) is 0 Å². The van der Waals surface area contributed by atoms with Crippen LogP contribution in [0.25, 0.3) is 0 Å². The fourth-order valence-electron chi connectivity index (χ4n) is 5.96. The highest BCUT2D eigenvalue weighted by Gasteiger charge is 2.45. The molecule has 2 atom stereocenters. The van der Waals surface area contributed by atoms with Crippen molar-refractivity contribution in [2.24, 2.45) is 0 Å². The Hall–Kier alpha value is -4.30. The second-order valence-corrected chi connectivity index (χ2v) is 13.7. The first-order chi connectivity index (χ1) is 21.6. The van der Waals surface area contributed by atoms with Crippen LogP contribution in [0, 0.1) is 0 Å². The number of likely N-dealkylation sites (tertiary alicyclic amines) is 2. The minimum absolute atomic E-state index is 0.0118. The second kappa shape index (κ2) is 13.8. The van der Waals surface area contributed by atoms with Crippen LogP contribution in [0.3, 0.4) is 0 Å². The number of amides is 3. The first kappa shape index (κ1) is 32.1. The number of ether oxygens (including phenoxy) is 2. The maximum atomic E-state index is 13.4. The van der Waals surface area contributed by atoms with E-state index in [9.17, 15) is 14.4 Å². The van der Waals surface area contributed by atoms with Crippen LogP contribution in [0.5, 0.6) is 0 Å². The SMILES string of the molecule is C=CCOC(=O)N1C[C@@H](SC(c2ccccc2)(c2ccccc2)c2ccccc2)C[C@H]1C=C1CCN(C(=O)OC(C)(C)C)C1=O. The molecule has 0 saturated carbocycles. The molecule has 2 saturated heterocycles. The van der Waals surface area contributed by atoms with Gasteiger partial charge < -0.3 is 14.4 Å². The van der Waals surface area contributed by atoms with Crippen molar-refractivity contribution in [1.82, 2.24) is 9.80 Å². The fraction of sp³-hybridized carbons (Fsp3) is 0.324. The summed E-state index contributed by atoms with van der Waals surface area (Å²) < 4.78 is 10.4. The molecule has 5 rings (SSSR count). The zero-order chi connectivity index (χ0) is 32.0. The highest BCUT2D eigenvalue weighted by atomic mass is 32.2. The smallest absolute Gasteiger partial charge is 0.417 e. The molecule has 0 unspecified atom stereocenters. The Balaban J connectivity index is 1.50. The van der Waals surface area contributed by atoms with Crippen LogP contribution in [0.15, 0.2) is 115 Å². The summed E-state index contributed by atoms with van der Waals surface area (Å²) in [4.78, 5) is 42.3. The summed E-state index contributed by atoms with van der Waals surface area (Å²) in [6.07, 6.45) is 3.26. The minimum atomic E-state index is -0.714. The normalized spacial score (nSPS) is 19.5. The molecule has 8 heteroatoms. The molecule has 2 aliphatic heterocycles. The molecular weight excluding hydrogens is 584 g/mol. The molecule has 2 fully saturated rings. The first-order valence-corrected chi connectivity index (χ1v) is 16.1. The van der Waals surface area contributed by atoms with E-state index < -0.39 is 28.6 Å². The number of hydrogen-bond donors (Lipinski definition) is 0. The molecule has 3 amide bonds. The lowest BCUT2D eigenvalue weighted by Crippen LogP contribution is -2.38. The third-order valence-corrected chi connectivity index (χ3v) is 9.62. The van der Waals surface area contributed by atoms with Crippen LogP contribution in [-0.4, -0.2) is 64.5 Å². The standard InChI is InChI=1S/C37H40N2O5S/c1-5-23-43-34(41)39-26-32(25-31(39)24-27-21-22-38(33(27)40)35(42)44-36(2,3)4)45-37(28-15-9-6-10-16-28,29-17-11-7-12-18-29)30-19-13-8-14-20-30/h5-20,24,31-32H,1,21-23,25-26H2,2-4H3/t31-,32+/m1/s1. The van der Waals surface area contributed by atoms with E-state index in [1.165, 1.54) is 6.08 Å². The molecule has 0 spiro atoms. The molecule has 3 aromatic carbocycles. The molecule has 0 aliphatic carbocycles. The van der Waals surface area contributed by atoms with Crippen LogP contribution in [-0.2, 0) is 19.0 Å². The number of thioether (sulfide) groups is 1. The fourth-order valence-corrected chi connectivity index (χ4v) is 7.80. The van der Waals surface area contributed by atoms with E-state index >= 15 is 0 Å². The van der Waals surface area contributed by atoms with Crippen molar-refractivity contribution in [2.75, 3.05) is 19.7 Å². The molecule has 234 valence electrons. The summed E-state index contributed by atoms with van der Waals surface area (Å²) in [6.45, 7) is 9.74. The van der Waals surface area contributed by atoms with Crippen molar-refractivity contribution in [1.29, 1.82) is 0 Å². The summed E-state index contributed by atoms with van der Waals surface area (Å²) in [5, 5.41) is -0.0118. The molecule has 45 heavy (non-hydrogen) atoms. The molecular formula is C37H40N2O5S. The van der Waals surface area contributed by atoms with Crippen molar-refractivity contribution in [2.45, 2.75) is 55.3 Å². The Morgan fingerprint density at radius 2 is 1.42 bits per heavy atom. The Morgan fingerprint density at radius 3 is 1.91 bits per heavy atom. The number of benzene rings is 3. The van der Waals surface area contributed by atoms with Crippen LogP contribution in [0.4, 0.5) is 9.59 Å². The van der Waals surface area contributed by atoms with E-state index in [4.69, 9.17) is 9.47 Å². The van der Waals surface area contributed by atoms with Crippen molar-refractivity contribution in [3.05, 3.63) is 132 Å². The number of carbonyl (C=O) groups is 3. The van der Waals surface area contributed by atoms with Gasteiger partial charge in [0.1, 0.15) is 12.2 Å². The van der Waals surface area contributed by atoms with Crippen LogP contribution >= 0.6 is 11.8 Å². The average Bonchev–Trinajstić information content (AvgIpc) is 3.61. The lowest BCUT2D eigenvalue weighted by molar-refractivity contribution is -0.124. The quantitative estimate of drug-likeness (QED) is 0.146. The molecule has 0 radical (unpaired) electrons. The highest BCUT2D eigenvalue weighted by molar-refractivity contribution is 8.01. The Labute approximate surface area is 269 Å². The van der Waals surface area contributed by atoms with Crippen LogP contribution in [0.1, 0.15) is 50.3 Å². The summed E-state index contributed by atoms with van der Waals surface area (Å²) in [7, 11) is 0. The van der Waals surface area contributed by atoms with Crippen molar-refractivity contribution >= 4 is 29.9 Å². The van der Waals surface area contributed by atoms with Crippen molar-refractivity contribution in [3.8, 4) is 0 Å². The number of hydrogen-bond acceptors (Lipinski definition) is 6. The molecule has 2 heterocycles. The Morgan fingerprint density at radius 1 is 0.889 bits per heavy atom. The maximum absolute atomic E-state index is 13.4. The minimum Gasteiger partial charge on any atom is -0.445 e. The van der Waals surface area contributed by atoms with E-state index in [0.29, 0.717) is 25.0 Å². The highest BCUT2D eigenvalue weighted by Crippen LogP contribution is 2.52. The number of imide groups is 1. The molecule has 2 aliphatic rings. The lowest BCUT2D eigenvalue weighted by atomic mass is 9.84. The van der Waals surface area contributed by atoms with Gasteiger partial charge in [-0.3, -0.25) is 4.79 Å². The van der Waals surface area contributed by atoms with Gasteiger partial charge in [-0.25, -0.2) is 14.5 Å². The summed E-state index contributed by atoms with van der Waals surface area (Å²) in [5.41, 5.74) is 3.18. The van der Waals surface area contributed by atoms with Gasteiger partial charge in [-0.15, -0.1) is 11.8 Å². The largest absolute Gasteiger partial charge is 0.445 e. The third kappa shape index (κ3) is 7.17. The topological polar surface area (TPSA) is 76.2 Å². The van der Waals surface area contributed by atoms with E-state index in [2.05, 4.69) is 79.4 Å². The van der Waals surface area contributed by atoms with E-state index in [0.717, 1.165) is 21.6 Å². The number of carbonyl (C=O) groups excluding carboxylic acids is 3. The molecule has 0 aromatic heterocycles. The maximum Gasteiger partial charge on any atom is 0.417 e. The monoisotopic (exact) mass is 624 g/mol. The first-order valence-electron chi connectivity index (χ1n) is 15.3. The van der Waals surface area contributed by atoms with Crippen molar-refractivity contribution < 1.29 is 23.9 Å². The summed E-state index contributed by atoms with van der Waals surface area (Å²) in [6, 6.07) is 30.9. The molecule has 3 aromatic rings. The summed E-state index contributed by atoms with van der Waals surface area (Å²) in [5.74, 6) is -0.382. The van der Waals surface area contributed by atoms with E-state index in [-0.39, 0.29) is 24.3 Å². The predicted molar refractivity (Wildman–Crippen MR) is 178 cm³/mol. The van der Waals surface area contributed by atoms with Gasteiger partial charge in [0, 0.05) is 23.9 Å². The molecule has 0 N–H and O–H groups in total. The number of nitrogens with zero attached hydrogens (tertiary/aromatic N) is 2. The van der Waals surface area contributed by atoms with Crippen molar-refractivity contribution in [3.63, 3.8) is 0 Å². The average molecular weight is 625 g/mol.